The number of methoxy groups -OCH3 is 1. The van der Waals surface area contributed by atoms with Crippen molar-refractivity contribution in [2.45, 2.75) is 25.9 Å². The Kier molecular flexibility index (Phi) is 3.69. The Balaban J connectivity index is 1.79. The van der Waals surface area contributed by atoms with E-state index in [1.807, 2.05) is 24.3 Å². The average molecular weight is 235 g/mol. The zero-order chi connectivity index (χ0) is 12.3. The van der Waals surface area contributed by atoms with Gasteiger partial charge in [0.05, 0.1) is 13.2 Å². The SMILES string of the molecule is COc1ccc(C(O)CNCC2(C)CC2)cc1. The van der Waals surface area contributed by atoms with Gasteiger partial charge in [0.15, 0.2) is 0 Å². The van der Waals surface area contributed by atoms with Gasteiger partial charge in [-0.3, -0.25) is 0 Å². The first kappa shape index (κ1) is 12.4. The molecule has 0 amide bonds. The predicted octanol–water partition coefficient (Wildman–Crippen LogP) is 2.12. The highest BCUT2D eigenvalue weighted by Gasteiger charge is 2.36. The number of rotatable bonds is 6. The second-order valence-electron chi connectivity index (χ2n) is 5.23. The molecule has 0 saturated heterocycles. The van der Waals surface area contributed by atoms with Crippen LogP contribution in [0.3, 0.4) is 0 Å². The number of benzene rings is 1. The van der Waals surface area contributed by atoms with E-state index in [0.29, 0.717) is 12.0 Å². The summed E-state index contributed by atoms with van der Waals surface area (Å²) in [6.07, 6.45) is 2.17. The standard InChI is InChI=1S/C14H21NO2/c1-14(7-8-14)10-15-9-13(16)11-3-5-12(17-2)6-4-11/h3-6,13,15-16H,7-10H2,1-2H3. The number of hydrogen-bond donors (Lipinski definition) is 2. The van der Waals surface area contributed by atoms with E-state index >= 15 is 0 Å². The van der Waals surface area contributed by atoms with E-state index in [9.17, 15) is 5.11 Å². The molecular formula is C14H21NO2. The van der Waals surface area contributed by atoms with Crippen LogP contribution in [0.2, 0.25) is 0 Å². The molecule has 1 saturated carbocycles. The highest BCUT2D eigenvalue weighted by atomic mass is 16.5. The molecule has 1 unspecified atom stereocenters. The third kappa shape index (κ3) is 3.45. The minimum atomic E-state index is -0.441. The zero-order valence-corrected chi connectivity index (χ0v) is 10.6. The summed E-state index contributed by atoms with van der Waals surface area (Å²) in [5.74, 6) is 0.819. The van der Waals surface area contributed by atoms with Gasteiger partial charge in [-0.05, 0) is 36.0 Å². The Morgan fingerprint density at radius 3 is 2.53 bits per heavy atom. The van der Waals surface area contributed by atoms with E-state index in [-0.39, 0.29) is 0 Å². The Hall–Kier alpha value is -1.06. The monoisotopic (exact) mass is 235 g/mol. The van der Waals surface area contributed by atoms with Gasteiger partial charge in [-0.1, -0.05) is 19.1 Å². The molecule has 17 heavy (non-hydrogen) atoms. The summed E-state index contributed by atoms with van der Waals surface area (Å²) >= 11 is 0. The summed E-state index contributed by atoms with van der Waals surface area (Å²) in [5, 5.41) is 13.3. The van der Waals surface area contributed by atoms with E-state index < -0.39 is 6.10 Å². The predicted molar refractivity (Wildman–Crippen MR) is 68.2 cm³/mol. The number of ether oxygens (including phenoxy) is 1. The molecule has 1 aliphatic carbocycles. The van der Waals surface area contributed by atoms with Crippen molar-refractivity contribution in [3.63, 3.8) is 0 Å². The van der Waals surface area contributed by atoms with Gasteiger partial charge in [0, 0.05) is 13.1 Å². The van der Waals surface area contributed by atoms with Crippen LogP contribution >= 0.6 is 0 Å². The molecule has 1 fully saturated rings. The Morgan fingerprint density at radius 1 is 1.35 bits per heavy atom. The molecule has 94 valence electrons. The lowest BCUT2D eigenvalue weighted by Gasteiger charge is -2.15. The van der Waals surface area contributed by atoms with E-state index in [0.717, 1.165) is 17.9 Å². The minimum Gasteiger partial charge on any atom is -0.497 e. The second kappa shape index (κ2) is 5.07. The van der Waals surface area contributed by atoms with Crippen molar-refractivity contribution in [2.24, 2.45) is 5.41 Å². The first-order valence-electron chi connectivity index (χ1n) is 6.16. The summed E-state index contributed by atoms with van der Waals surface area (Å²) in [6.45, 7) is 3.89. The van der Waals surface area contributed by atoms with Gasteiger partial charge in [0.1, 0.15) is 5.75 Å². The molecule has 1 atom stereocenters. The maximum atomic E-state index is 10.00. The molecule has 0 heterocycles. The summed E-state index contributed by atoms with van der Waals surface area (Å²) in [4.78, 5) is 0. The molecule has 3 nitrogen and oxygen atoms in total. The van der Waals surface area contributed by atoms with Crippen LogP contribution in [0.15, 0.2) is 24.3 Å². The fourth-order valence-corrected chi connectivity index (χ4v) is 1.84. The van der Waals surface area contributed by atoms with Crippen LogP contribution in [0.4, 0.5) is 0 Å². The van der Waals surface area contributed by atoms with Crippen LogP contribution in [0.5, 0.6) is 5.75 Å². The minimum absolute atomic E-state index is 0.441. The topological polar surface area (TPSA) is 41.5 Å². The van der Waals surface area contributed by atoms with Gasteiger partial charge in [-0.2, -0.15) is 0 Å². The largest absolute Gasteiger partial charge is 0.497 e. The van der Waals surface area contributed by atoms with Crippen LogP contribution in [0.1, 0.15) is 31.4 Å². The van der Waals surface area contributed by atoms with Crippen molar-refractivity contribution in [1.29, 1.82) is 0 Å². The van der Waals surface area contributed by atoms with Crippen molar-refractivity contribution >= 4 is 0 Å². The van der Waals surface area contributed by atoms with E-state index in [1.54, 1.807) is 7.11 Å². The van der Waals surface area contributed by atoms with Crippen LogP contribution in [-0.2, 0) is 0 Å². The molecule has 1 aromatic rings. The van der Waals surface area contributed by atoms with E-state index in [2.05, 4.69) is 12.2 Å². The van der Waals surface area contributed by atoms with Gasteiger partial charge in [0.25, 0.3) is 0 Å². The van der Waals surface area contributed by atoms with Crippen LogP contribution in [0, 0.1) is 5.41 Å². The first-order valence-corrected chi connectivity index (χ1v) is 6.16. The second-order valence-corrected chi connectivity index (χ2v) is 5.23. The summed E-state index contributed by atoms with van der Waals surface area (Å²) in [6, 6.07) is 7.57. The van der Waals surface area contributed by atoms with E-state index in [4.69, 9.17) is 4.74 Å². The van der Waals surface area contributed by atoms with Gasteiger partial charge in [-0.15, -0.1) is 0 Å². The molecule has 1 aromatic carbocycles. The number of nitrogens with one attached hydrogen (secondary N) is 1. The van der Waals surface area contributed by atoms with Crippen molar-refractivity contribution in [3.05, 3.63) is 29.8 Å². The van der Waals surface area contributed by atoms with Gasteiger partial charge < -0.3 is 15.2 Å². The molecule has 3 heteroatoms. The maximum Gasteiger partial charge on any atom is 0.118 e. The maximum absolute atomic E-state index is 10.00. The molecule has 0 bridgehead atoms. The lowest BCUT2D eigenvalue weighted by atomic mass is 10.1. The summed E-state index contributed by atoms with van der Waals surface area (Å²) in [5.41, 5.74) is 1.42. The number of hydrogen-bond acceptors (Lipinski definition) is 3. The normalized spacial score (nSPS) is 18.8. The molecule has 1 aliphatic rings. The molecule has 2 N–H and O–H groups in total. The number of aliphatic hydroxyl groups excluding tert-OH is 1. The highest BCUT2D eigenvalue weighted by Crippen LogP contribution is 2.44. The van der Waals surface area contributed by atoms with Crippen molar-refractivity contribution in [1.82, 2.24) is 5.32 Å². The molecular weight excluding hydrogens is 214 g/mol. The third-order valence-corrected chi connectivity index (χ3v) is 3.49. The molecule has 0 spiro atoms. The van der Waals surface area contributed by atoms with Gasteiger partial charge in [-0.25, -0.2) is 0 Å². The fraction of sp³-hybridized carbons (Fsp3) is 0.571. The average Bonchev–Trinajstić information content (AvgIpc) is 3.07. The molecule has 0 aromatic heterocycles. The van der Waals surface area contributed by atoms with Crippen molar-refractivity contribution in [2.75, 3.05) is 20.2 Å². The molecule has 0 radical (unpaired) electrons. The Labute approximate surface area is 103 Å². The van der Waals surface area contributed by atoms with Crippen LogP contribution in [0.25, 0.3) is 0 Å². The molecule has 2 rings (SSSR count). The smallest absolute Gasteiger partial charge is 0.118 e. The Bertz CT molecular complexity index is 357. The van der Waals surface area contributed by atoms with Crippen LogP contribution < -0.4 is 10.1 Å². The van der Waals surface area contributed by atoms with Crippen LogP contribution in [-0.4, -0.2) is 25.3 Å². The van der Waals surface area contributed by atoms with Crippen molar-refractivity contribution in [3.8, 4) is 5.75 Å². The fourth-order valence-electron chi connectivity index (χ4n) is 1.84. The quantitative estimate of drug-likeness (QED) is 0.793. The first-order chi connectivity index (χ1) is 8.13. The molecule has 0 aliphatic heterocycles. The Morgan fingerprint density at radius 2 is 2.00 bits per heavy atom. The third-order valence-electron chi connectivity index (χ3n) is 3.49. The number of aliphatic hydroxyl groups is 1. The lowest BCUT2D eigenvalue weighted by molar-refractivity contribution is 0.172. The summed E-state index contributed by atoms with van der Waals surface area (Å²) in [7, 11) is 1.64. The van der Waals surface area contributed by atoms with E-state index in [1.165, 1.54) is 12.8 Å². The van der Waals surface area contributed by atoms with Crippen molar-refractivity contribution < 1.29 is 9.84 Å². The summed E-state index contributed by atoms with van der Waals surface area (Å²) < 4.78 is 5.09. The highest BCUT2D eigenvalue weighted by molar-refractivity contribution is 5.28. The lowest BCUT2D eigenvalue weighted by Crippen LogP contribution is -2.26. The van der Waals surface area contributed by atoms with Gasteiger partial charge >= 0.3 is 0 Å². The van der Waals surface area contributed by atoms with Gasteiger partial charge in [0.2, 0.25) is 0 Å². The zero-order valence-electron chi connectivity index (χ0n) is 10.6.